The molecule has 2 atom stereocenters. The summed E-state index contributed by atoms with van der Waals surface area (Å²) in [5, 5.41) is 0. The van der Waals surface area contributed by atoms with Gasteiger partial charge < -0.3 is 4.90 Å². The molecule has 1 aliphatic heterocycles. The lowest BCUT2D eigenvalue weighted by Crippen LogP contribution is -2.54. The van der Waals surface area contributed by atoms with E-state index < -0.39 is 0 Å². The quantitative estimate of drug-likeness (QED) is 0.189. The van der Waals surface area contributed by atoms with Gasteiger partial charge in [-0.05, 0) is 124 Å². The molecule has 1 nitrogen and oxygen atoms in total. The first-order valence-electron chi connectivity index (χ1n) is 17.4. The van der Waals surface area contributed by atoms with Crippen molar-refractivity contribution in [1.82, 2.24) is 0 Å². The molecule has 1 heterocycles. The molecule has 2 unspecified atom stereocenters. The topological polar surface area (TPSA) is 3.24 Å². The van der Waals surface area contributed by atoms with Crippen LogP contribution in [0.3, 0.4) is 0 Å². The normalized spacial score (nSPS) is 22.3. The van der Waals surface area contributed by atoms with Gasteiger partial charge in [0, 0.05) is 16.8 Å². The number of anilines is 2. The Morgan fingerprint density at radius 3 is 1.70 bits per heavy atom. The molecule has 0 amide bonds. The molecule has 0 bridgehead atoms. The van der Waals surface area contributed by atoms with Gasteiger partial charge in [0.05, 0.1) is 11.0 Å². The number of hydrogen-bond acceptors (Lipinski definition) is 1. The number of rotatable bonds is 2. The van der Waals surface area contributed by atoms with Crippen molar-refractivity contribution in [2.75, 3.05) is 4.90 Å². The maximum Gasteiger partial charge on any atom is 0.0725 e. The highest BCUT2D eigenvalue weighted by atomic mass is 15.3. The summed E-state index contributed by atoms with van der Waals surface area (Å²) in [5.41, 5.74) is 19.1. The molecule has 0 saturated heterocycles. The molecular formula is C46H39N. The molecule has 0 N–H and O–H groups in total. The molecule has 6 aromatic carbocycles. The summed E-state index contributed by atoms with van der Waals surface area (Å²) in [7, 11) is 0. The summed E-state index contributed by atoms with van der Waals surface area (Å²) >= 11 is 0. The SMILES string of the molecule is Cc1cc2c(cc1-c1ccc3c(c1)-c1ccccc1C31c3ccccc3-c3ccccc31)C1(C)CCCCC1(C)N2c1ccccc1. The predicted molar refractivity (Wildman–Crippen MR) is 196 cm³/mol. The first-order valence-corrected chi connectivity index (χ1v) is 17.4. The Kier molecular flexibility index (Phi) is 5.42. The van der Waals surface area contributed by atoms with Crippen LogP contribution in [0.1, 0.15) is 72.9 Å². The molecule has 1 fully saturated rings. The summed E-state index contributed by atoms with van der Waals surface area (Å²) in [4.78, 5) is 2.69. The summed E-state index contributed by atoms with van der Waals surface area (Å²) in [6.07, 6.45) is 5.01. The summed E-state index contributed by atoms with van der Waals surface area (Å²) in [5.74, 6) is 0. The van der Waals surface area contributed by atoms with Crippen molar-refractivity contribution in [2.45, 2.75) is 62.8 Å². The molecule has 47 heavy (non-hydrogen) atoms. The second kappa shape index (κ2) is 9.35. The minimum Gasteiger partial charge on any atom is -0.334 e. The highest BCUT2D eigenvalue weighted by Gasteiger charge is 2.58. The van der Waals surface area contributed by atoms with Crippen LogP contribution in [0.25, 0.3) is 33.4 Å². The van der Waals surface area contributed by atoms with E-state index in [1.165, 1.54) is 104 Å². The Balaban J connectivity index is 1.19. The van der Waals surface area contributed by atoms with Crippen molar-refractivity contribution in [3.05, 3.63) is 167 Å². The summed E-state index contributed by atoms with van der Waals surface area (Å²) in [6.45, 7) is 7.39. The molecule has 1 saturated carbocycles. The zero-order valence-corrected chi connectivity index (χ0v) is 27.5. The van der Waals surface area contributed by atoms with E-state index in [9.17, 15) is 0 Å². The highest BCUT2D eigenvalue weighted by Crippen LogP contribution is 2.64. The number of fused-ring (bicyclic) bond motifs is 13. The molecule has 10 rings (SSSR count). The van der Waals surface area contributed by atoms with Gasteiger partial charge in [-0.1, -0.05) is 123 Å². The van der Waals surface area contributed by atoms with Crippen LogP contribution in [-0.4, -0.2) is 5.54 Å². The van der Waals surface area contributed by atoms with Crippen LogP contribution < -0.4 is 4.90 Å². The Hall–Kier alpha value is -4.88. The Morgan fingerprint density at radius 1 is 0.489 bits per heavy atom. The van der Waals surface area contributed by atoms with Gasteiger partial charge in [0.2, 0.25) is 0 Å². The predicted octanol–water partition coefficient (Wildman–Crippen LogP) is 11.7. The van der Waals surface area contributed by atoms with E-state index in [0.717, 1.165) is 0 Å². The van der Waals surface area contributed by atoms with Gasteiger partial charge in [0.1, 0.15) is 0 Å². The fourth-order valence-corrected chi connectivity index (χ4v) is 10.4. The lowest BCUT2D eigenvalue weighted by atomic mass is 9.61. The second-order valence-corrected chi connectivity index (χ2v) is 14.8. The van der Waals surface area contributed by atoms with Gasteiger partial charge in [0.15, 0.2) is 0 Å². The lowest BCUT2D eigenvalue weighted by Gasteiger charge is -2.50. The van der Waals surface area contributed by atoms with Crippen LogP contribution in [0, 0.1) is 6.92 Å². The van der Waals surface area contributed by atoms with Crippen molar-refractivity contribution in [3.8, 4) is 33.4 Å². The Morgan fingerprint density at radius 2 is 1.04 bits per heavy atom. The maximum atomic E-state index is 2.69. The van der Waals surface area contributed by atoms with Crippen molar-refractivity contribution >= 4 is 11.4 Å². The van der Waals surface area contributed by atoms with Gasteiger partial charge in [-0.15, -0.1) is 0 Å². The van der Waals surface area contributed by atoms with Crippen LogP contribution in [0.2, 0.25) is 0 Å². The van der Waals surface area contributed by atoms with E-state index in [1.54, 1.807) is 0 Å². The van der Waals surface area contributed by atoms with E-state index in [4.69, 9.17) is 0 Å². The van der Waals surface area contributed by atoms with Crippen molar-refractivity contribution in [3.63, 3.8) is 0 Å². The van der Waals surface area contributed by atoms with Gasteiger partial charge in [-0.25, -0.2) is 0 Å². The second-order valence-electron chi connectivity index (χ2n) is 14.8. The van der Waals surface area contributed by atoms with Crippen LogP contribution >= 0.6 is 0 Å². The van der Waals surface area contributed by atoms with Gasteiger partial charge in [0.25, 0.3) is 0 Å². The Labute approximate surface area is 278 Å². The minimum absolute atomic E-state index is 0.0481. The fraction of sp³-hybridized carbons (Fsp3) is 0.217. The van der Waals surface area contributed by atoms with Crippen LogP contribution in [0.4, 0.5) is 11.4 Å². The van der Waals surface area contributed by atoms with E-state index >= 15 is 0 Å². The molecular weight excluding hydrogens is 567 g/mol. The number of nitrogens with zero attached hydrogens (tertiary/aromatic N) is 1. The lowest BCUT2D eigenvalue weighted by molar-refractivity contribution is 0.195. The number of aryl methyl sites for hydroxylation is 1. The van der Waals surface area contributed by atoms with E-state index in [0.29, 0.717) is 0 Å². The van der Waals surface area contributed by atoms with Crippen molar-refractivity contribution < 1.29 is 0 Å². The fourth-order valence-electron chi connectivity index (χ4n) is 10.4. The summed E-state index contributed by atoms with van der Waals surface area (Å²) in [6, 6.07) is 50.9. The molecule has 1 heteroatoms. The standard InChI is InChI=1S/C46H39N/c1-30-27-43-42(44(2)25-13-14-26-45(44,3)47(43)32-15-5-4-6-16-32)29-36(30)31-23-24-41-37(28-31)35-19-9-12-22-40(35)46(41)38-20-10-7-17-33(38)34-18-8-11-21-39(34)46/h4-12,15-24,27-29H,13-14,25-26H2,1-3H3. The first kappa shape index (κ1) is 27.3. The van der Waals surface area contributed by atoms with E-state index in [2.05, 4.69) is 159 Å². The van der Waals surface area contributed by atoms with Gasteiger partial charge in [-0.3, -0.25) is 0 Å². The van der Waals surface area contributed by atoms with Gasteiger partial charge in [-0.2, -0.15) is 0 Å². The zero-order valence-electron chi connectivity index (χ0n) is 27.5. The number of benzene rings is 6. The monoisotopic (exact) mass is 605 g/mol. The van der Waals surface area contributed by atoms with E-state index in [-0.39, 0.29) is 16.4 Å². The molecule has 0 radical (unpaired) electrons. The van der Waals surface area contributed by atoms with Crippen molar-refractivity contribution in [2.24, 2.45) is 0 Å². The smallest absolute Gasteiger partial charge is 0.0725 e. The molecule has 1 spiro atoms. The van der Waals surface area contributed by atoms with Crippen LogP contribution in [0.5, 0.6) is 0 Å². The largest absolute Gasteiger partial charge is 0.334 e. The molecule has 0 aromatic heterocycles. The molecule has 6 aromatic rings. The van der Waals surface area contributed by atoms with E-state index in [1.807, 2.05) is 0 Å². The third kappa shape index (κ3) is 3.25. The summed E-state index contributed by atoms with van der Waals surface area (Å²) < 4.78 is 0. The van der Waals surface area contributed by atoms with Crippen LogP contribution in [0.15, 0.2) is 133 Å². The molecule has 4 aliphatic rings. The average Bonchev–Trinajstić information content (AvgIpc) is 3.65. The molecule has 3 aliphatic carbocycles. The van der Waals surface area contributed by atoms with Crippen LogP contribution in [-0.2, 0) is 10.8 Å². The zero-order chi connectivity index (χ0) is 31.5. The highest BCUT2D eigenvalue weighted by molar-refractivity contribution is 5.96. The number of para-hydroxylation sites is 1. The maximum absolute atomic E-state index is 2.69. The third-order valence-corrected chi connectivity index (χ3v) is 12.8. The average molecular weight is 606 g/mol. The van der Waals surface area contributed by atoms with Gasteiger partial charge >= 0.3 is 0 Å². The first-order chi connectivity index (χ1) is 23.0. The number of hydrogen-bond donors (Lipinski definition) is 0. The Bertz CT molecular complexity index is 2210. The molecule has 228 valence electrons. The minimum atomic E-state index is -0.293. The van der Waals surface area contributed by atoms with Crippen molar-refractivity contribution in [1.29, 1.82) is 0 Å². The third-order valence-electron chi connectivity index (χ3n) is 12.8.